The summed E-state index contributed by atoms with van der Waals surface area (Å²) in [5, 5.41) is 18.7. The number of esters is 1. The molecule has 0 aromatic heterocycles. The Morgan fingerprint density at radius 2 is 1.58 bits per heavy atom. The molecule has 1 aromatic carbocycles. The molecular weight excluding hydrogens is 304 g/mol. The molecule has 4 nitrogen and oxygen atoms in total. The molecule has 4 heteroatoms. The third kappa shape index (κ3) is 5.01. The molecule has 0 radical (unpaired) electrons. The number of ether oxygens (including phenoxy) is 1. The summed E-state index contributed by atoms with van der Waals surface area (Å²) in [5.41, 5.74) is 2.48. The molecule has 1 aliphatic heterocycles. The first-order valence-electron chi connectivity index (χ1n) is 8.32. The average Bonchev–Trinajstić information content (AvgIpc) is 2.84. The Morgan fingerprint density at radius 1 is 1.00 bits per heavy atom. The standard InChI is InChI=1S/C20H24O4/c1-2-3-4-5-8-15-11-13-16(14-12-15)9-6-7-10-17-18(21)19(22)20(23)24-17/h4-7,11-14,17,21-22H,2-3,8-10H2,1H3/b5-4-,7-6?. The van der Waals surface area contributed by atoms with E-state index in [0.717, 1.165) is 19.3 Å². The molecular formula is C20H24O4. The summed E-state index contributed by atoms with van der Waals surface area (Å²) in [4.78, 5) is 11.1. The van der Waals surface area contributed by atoms with E-state index in [9.17, 15) is 15.0 Å². The number of hydrogen-bond acceptors (Lipinski definition) is 4. The third-order valence-electron chi connectivity index (χ3n) is 3.86. The Hall–Kier alpha value is -2.49. The van der Waals surface area contributed by atoms with Crippen molar-refractivity contribution >= 4 is 5.97 Å². The molecule has 0 saturated carbocycles. The molecule has 1 atom stereocenters. The van der Waals surface area contributed by atoms with Gasteiger partial charge in [0.1, 0.15) is 0 Å². The van der Waals surface area contributed by atoms with Gasteiger partial charge in [0.25, 0.3) is 0 Å². The van der Waals surface area contributed by atoms with Crippen molar-refractivity contribution in [1.82, 2.24) is 0 Å². The van der Waals surface area contributed by atoms with Crippen LogP contribution in [0.15, 0.2) is 60.1 Å². The predicted molar refractivity (Wildman–Crippen MR) is 93.8 cm³/mol. The normalized spacial score (nSPS) is 18.0. The zero-order valence-corrected chi connectivity index (χ0v) is 13.9. The smallest absolute Gasteiger partial charge is 0.377 e. The van der Waals surface area contributed by atoms with Gasteiger partial charge in [-0.25, -0.2) is 4.79 Å². The van der Waals surface area contributed by atoms with E-state index in [2.05, 4.69) is 43.3 Å². The molecule has 128 valence electrons. The van der Waals surface area contributed by atoms with E-state index in [4.69, 9.17) is 4.74 Å². The number of benzene rings is 1. The summed E-state index contributed by atoms with van der Waals surface area (Å²) in [6.45, 7) is 2.17. The van der Waals surface area contributed by atoms with Gasteiger partial charge in [-0.2, -0.15) is 0 Å². The maximum Gasteiger partial charge on any atom is 0.377 e. The van der Waals surface area contributed by atoms with Crippen molar-refractivity contribution in [3.63, 3.8) is 0 Å². The summed E-state index contributed by atoms with van der Waals surface area (Å²) in [7, 11) is 0. The fraction of sp³-hybridized carbons (Fsp3) is 0.350. The van der Waals surface area contributed by atoms with Crippen LogP contribution in [-0.4, -0.2) is 22.3 Å². The van der Waals surface area contributed by atoms with Crippen molar-refractivity contribution in [2.24, 2.45) is 0 Å². The number of cyclic esters (lactones) is 1. The lowest BCUT2D eigenvalue weighted by atomic mass is 10.1. The molecule has 2 rings (SSSR count). The lowest BCUT2D eigenvalue weighted by Crippen LogP contribution is -2.10. The Balaban J connectivity index is 1.77. The fourth-order valence-electron chi connectivity index (χ4n) is 2.41. The summed E-state index contributed by atoms with van der Waals surface area (Å²) in [6.07, 6.45) is 11.8. The van der Waals surface area contributed by atoms with E-state index < -0.39 is 17.8 Å². The van der Waals surface area contributed by atoms with Gasteiger partial charge in [-0.1, -0.05) is 61.9 Å². The molecule has 0 bridgehead atoms. The van der Waals surface area contributed by atoms with Crippen LogP contribution in [0.5, 0.6) is 0 Å². The molecule has 0 amide bonds. The highest BCUT2D eigenvalue weighted by Gasteiger charge is 2.33. The topological polar surface area (TPSA) is 66.8 Å². The molecule has 24 heavy (non-hydrogen) atoms. The minimum atomic E-state index is -0.866. The molecule has 1 aromatic rings. The molecule has 1 aliphatic rings. The minimum absolute atomic E-state index is 0.349. The number of aliphatic hydroxyl groups is 2. The van der Waals surface area contributed by atoms with Crippen molar-refractivity contribution in [2.45, 2.75) is 45.1 Å². The number of rotatable bonds is 8. The van der Waals surface area contributed by atoms with Gasteiger partial charge in [0, 0.05) is 6.42 Å². The van der Waals surface area contributed by atoms with Gasteiger partial charge in [0.15, 0.2) is 11.9 Å². The maximum atomic E-state index is 11.1. The fourth-order valence-corrected chi connectivity index (χ4v) is 2.41. The number of carbonyl (C=O) groups excluding carboxylic acids is 1. The number of carbonyl (C=O) groups is 1. The Morgan fingerprint density at radius 3 is 2.08 bits per heavy atom. The Labute approximate surface area is 142 Å². The zero-order chi connectivity index (χ0) is 17.4. The van der Waals surface area contributed by atoms with Crippen LogP contribution < -0.4 is 0 Å². The van der Waals surface area contributed by atoms with Crippen LogP contribution in [0, 0.1) is 0 Å². The van der Waals surface area contributed by atoms with Crippen LogP contribution in [-0.2, 0) is 22.4 Å². The monoisotopic (exact) mass is 328 g/mol. The van der Waals surface area contributed by atoms with Gasteiger partial charge in [0.2, 0.25) is 5.76 Å². The van der Waals surface area contributed by atoms with E-state index in [1.54, 1.807) is 0 Å². The largest absolute Gasteiger partial charge is 0.505 e. The highest BCUT2D eigenvalue weighted by Crippen LogP contribution is 2.21. The van der Waals surface area contributed by atoms with E-state index in [-0.39, 0.29) is 5.76 Å². The van der Waals surface area contributed by atoms with Crippen LogP contribution in [0.2, 0.25) is 0 Å². The van der Waals surface area contributed by atoms with Crippen molar-refractivity contribution in [1.29, 1.82) is 0 Å². The molecule has 0 spiro atoms. The summed E-state index contributed by atoms with van der Waals surface area (Å²) in [5.74, 6) is -1.93. The van der Waals surface area contributed by atoms with Gasteiger partial charge in [-0.05, 0) is 30.4 Å². The van der Waals surface area contributed by atoms with Crippen molar-refractivity contribution in [2.75, 3.05) is 0 Å². The van der Waals surface area contributed by atoms with E-state index >= 15 is 0 Å². The van der Waals surface area contributed by atoms with Crippen LogP contribution in [0.4, 0.5) is 0 Å². The first-order chi connectivity index (χ1) is 11.6. The lowest BCUT2D eigenvalue weighted by molar-refractivity contribution is -0.142. The SMILES string of the molecule is CCC/C=C\Cc1ccc(CC=CCC2OC(=O)C(O)=C2O)cc1. The number of hydrogen-bond donors (Lipinski definition) is 2. The quantitative estimate of drug-likeness (QED) is 0.551. The van der Waals surface area contributed by atoms with Gasteiger partial charge in [-0.15, -0.1) is 0 Å². The second kappa shape index (κ2) is 8.96. The van der Waals surface area contributed by atoms with Crippen molar-refractivity contribution < 1.29 is 19.7 Å². The molecule has 0 saturated heterocycles. The van der Waals surface area contributed by atoms with Gasteiger partial charge < -0.3 is 14.9 Å². The van der Waals surface area contributed by atoms with Crippen molar-refractivity contribution in [3.05, 3.63) is 71.2 Å². The molecule has 1 heterocycles. The second-order valence-corrected chi connectivity index (χ2v) is 5.82. The second-order valence-electron chi connectivity index (χ2n) is 5.82. The van der Waals surface area contributed by atoms with Gasteiger partial charge >= 0.3 is 5.97 Å². The van der Waals surface area contributed by atoms with Crippen LogP contribution in [0.1, 0.15) is 37.3 Å². The van der Waals surface area contributed by atoms with E-state index in [0.29, 0.717) is 6.42 Å². The van der Waals surface area contributed by atoms with Crippen LogP contribution >= 0.6 is 0 Å². The molecule has 0 fully saturated rings. The maximum absolute atomic E-state index is 11.1. The summed E-state index contributed by atoms with van der Waals surface area (Å²) >= 11 is 0. The Bertz CT molecular complexity index is 638. The first kappa shape index (κ1) is 17.9. The molecule has 0 aliphatic carbocycles. The first-order valence-corrected chi connectivity index (χ1v) is 8.32. The number of aliphatic hydroxyl groups excluding tert-OH is 2. The zero-order valence-electron chi connectivity index (χ0n) is 13.9. The van der Waals surface area contributed by atoms with E-state index in [1.807, 2.05) is 12.2 Å². The minimum Gasteiger partial charge on any atom is -0.505 e. The highest BCUT2D eigenvalue weighted by atomic mass is 16.6. The number of allylic oxidation sites excluding steroid dienone is 3. The van der Waals surface area contributed by atoms with E-state index in [1.165, 1.54) is 17.5 Å². The molecule has 2 N–H and O–H groups in total. The van der Waals surface area contributed by atoms with Crippen LogP contribution in [0.3, 0.4) is 0 Å². The summed E-state index contributed by atoms with van der Waals surface area (Å²) < 4.78 is 4.84. The average molecular weight is 328 g/mol. The summed E-state index contributed by atoms with van der Waals surface area (Å²) in [6, 6.07) is 8.47. The lowest BCUT2D eigenvalue weighted by Gasteiger charge is -2.05. The third-order valence-corrected chi connectivity index (χ3v) is 3.86. The van der Waals surface area contributed by atoms with Crippen molar-refractivity contribution in [3.8, 4) is 0 Å². The highest BCUT2D eigenvalue weighted by molar-refractivity contribution is 5.89. The van der Waals surface area contributed by atoms with Gasteiger partial charge in [0.05, 0.1) is 0 Å². The number of unbranched alkanes of at least 4 members (excludes halogenated alkanes) is 1. The van der Waals surface area contributed by atoms with Crippen LogP contribution in [0.25, 0.3) is 0 Å². The predicted octanol–water partition coefficient (Wildman–Crippen LogP) is 4.33. The molecule has 1 unspecified atom stereocenters. The van der Waals surface area contributed by atoms with Gasteiger partial charge in [-0.3, -0.25) is 0 Å². The Kier molecular flexibility index (Phi) is 6.67.